The SMILES string of the molecule is CN1C(=O)COc2ccc(C(=O)NC3CCS(=O)(=O)C3)cc21. The predicted octanol–water partition coefficient (Wildman–Crippen LogP) is -0.0413. The summed E-state index contributed by atoms with van der Waals surface area (Å²) in [7, 11) is -1.42. The van der Waals surface area contributed by atoms with Crippen LogP contribution in [0.3, 0.4) is 0 Å². The number of rotatable bonds is 2. The topological polar surface area (TPSA) is 92.8 Å². The van der Waals surface area contributed by atoms with E-state index in [2.05, 4.69) is 5.32 Å². The summed E-state index contributed by atoms with van der Waals surface area (Å²) in [4.78, 5) is 25.3. The number of hydrogen-bond acceptors (Lipinski definition) is 5. The summed E-state index contributed by atoms with van der Waals surface area (Å²) in [6, 6.07) is 4.45. The van der Waals surface area contributed by atoms with Gasteiger partial charge in [0, 0.05) is 18.7 Å². The lowest BCUT2D eigenvalue weighted by atomic mass is 10.1. The van der Waals surface area contributed by atoms with Crippen molar-refractivity contribution in [1.29, 1.82) is 0 Å². The molecule has 2 aliphatic heterocycles. The van der Waals surface area contributed by atoms with Gasteiger partial charge in [-0.1, -0.05) is 0 Å². The van der Waals surface area contributed by atoms with Gasteiger partial charge in [-0.05, 0) is 24.6 Å². The summed E-state index contributed by atoms with van der Waals surface area (Å²) in [5.41, 5.74) is 0.899. The van der Waals surface area contributed by atoms with Gasteiger partial charge in [-0.3, -0.25) is 9.59 Å². The predicted molar refractivity (Wildman–Crippen MR) is 79.9 cm³/mol. The van der Waals surface area contributed by atoms with Crippen molar-refractivity contribution in [3.8, 4) is 5.75 Å². The molecule has 22 heavy (non-hydrogen) atoms. The van der Waals surface area contributed by atoms with Crippen molar-refractivity contribution in [3.05, 3.63) is 23.8 Å². The summed E-state index contributed by atoms with van der Waals surface area (Å²) in [5.74, 6) is 0.0867. The van der Waals surface area contributed by atoms with Crippen LogP contribution in [0, 0.1) is 0 Å². The van der Waals surface area contributed by atoms with Gasteiger partial charge >= 0.3 is 0 Å². The Kier molecular flexibility index (Phi) is 3.56. The van der Waals surface area contributed by atoms with E-state index in [-0.39, 0.29) is 36.0 Å². The Morgan fingerprint density at radius 1 is 1.41 bits per heavy atom. The number of hydrogen-bond donors (Lipinski definition) is 1. The number of nitrogens with one attached hydrogen (secondary N) is 1. The number of likely N-dealkylation sites (N-methyl/N-ethyl adjacent to an activating group) is 1. The van der Waals surface area contributed by atoms with Crippen LogP contribution in [0.2, 0.25) is 0 Å². The second kappa shape index (κ2) is 5.28. The second-order valence-corrected chi connectivity index (χ2v) is 7.73. The van der Waals surface area contributed by atoms with E-state index in [1.807, 2.05) is 0 Å². The Morgan fingerprint density at radius 3 is 2.86 bits per heavy atom. The minimum atomic E-state index is -3.04. The van der Waals surface area contributed by atoms with Crippen LogP contribution in [0.1, 0.15) is 16.8 Å². The summed E-state index contributed by atoms with van der Waals surface area (Å²) < 4.78 is 28.1. The first-order chi connectivity index (χ1) is 10.4. The normalized spacial score (nSPS) is 22.9. The third-order valence-electron chi connectivity index (χ3n) is 3.88. The van der Waals surface area contributed by atoms with E-state index < -0.39 is 9.84 Å². The highest BCUT2D eigenvalue weighted by molar-refractivity contribution is 7.91. The van der Waals surface area contributed by atoms with Crippen LogP contribution >= 0.6 is 0 Å². The largest absolute Gasteiger partial charge is 0.482 e. The molecule has 1 unspecified atom stereocenters. The smallest absolute Gasteiger partial charge is 0.264 e. The summed E-state index contributed by atoms with van der Waals surface area (Å²) in [6.07, 6.45) is 0.431. The first-order valence-electron chi connectivity index (χ1n) is 6.90. The summed E-state index contributed by atoms with van der Waals surface area (Å²) in [5, 5.41) is 2.72. The maximum Gasteiger partial charge on any atom is 0.264 e. The fourth-order valence-electron chi connectivity index (χ4n) is 2.59. The molecule has 0 saturated carbocycles. The molecule has 0 spiro atoms. The standard InChI is InChI=1S/C14H16N2O5S/c1-16-11-6-9(2-3-12(11)21-7-13(16)17)14(18)15-10-4-5-22(19,20)8-10/h2-3,6,10H,4-5,7-8H2,1H3,(H,15,18). The molecule has 2 aliphatic rings. The van der Waals surface area contributed by atoms with Gasteiger partial charge in [-0.25, -0.2) is 8.42 Å². The second-order valence-electron chi connectivity index (χ2n) is 5.50. The highest BCUT2D eigenvalue weighted by atomic mass is 32.2. The van der Waals surface area contributed by atoms with Gasteiger partial charge in [-0.2, -0.15) is 0 Å². The highest BCUT2D eigenvalue weighted by Crippen LogP contribution is 2.32. The number of carbonyl (C=O) groups excluding carboxylic acids is 2. The molecule has 2 heterocycles. The van der Waals surface area contributed by atoms with Crippen LogP contribution in [0.5, 0.6) is 5.75 Å². The highest BCUT2D eigenvalue weighted by Gasteiger charge is 2.30. The zero-order valence-corrected chi connectivity index (χ0v) is 12.9. The van der Waals surface area contributed by atoms with Gasteiger partial charge in [0.2, 0.25) is 0 Å². The van der Waals surface area contributed by atoms with Gasteiger partial charge in [0.25, 0.3) is 11.8 Å². The van der Waals surface area contributed by atoms with Gasteiger partial charge in [-0.15, -0.1) is 0 Å². The van der Waals surface area contributed by atoms with E-state index >= 15 is 0 Å². The van der Waals surface area contributed by atoms with Crippen LogP contribution in [0.4, 0.5) is 5.69 Å². The van der Waals surface area contributed by atoms with Crippen molar-refractivity contribution in [3.63, 3.8) is 0 Å². The van der Waals surface area contributed by atoms with Crippen molar-refractivity contribution in [2.24, 2.45) is 0 Å². The maximum absolute atomic E-state index is 12.2. The number of benzene rings is 1. The first kappa shape index (κ1) is 14.8. The van der Waals surface area contributed by atoms with Gasteiger partial charge in [0.1, 0.15) is 5.75 Å². The van der Waals surface area contributed by atoms with E-state index in [0.717, 1.165) is 0 Å². The van der Waals surface area contributed by atoms with Gasteiger partial charge in [0.15, 0.2) is 16.4 Å². The third kappa shape index (κ3) is 2.78. The molecule has 1 fully saturated rings. The Balaban J connectivity index is 1.78. The van der Waals surface area contributed by atoms with E-state index in [1.165, 1.54) is 4.90 Å². The van der Waals surface area contributed by atoms with Gasteiger partial charge in [0.05, 0.1) is 17.2 Å². The number of nitrogens with zero attached hydrogens (tertiary/aromatic N) is 1. The minimum absolute atomic E-state index is 0.0189. The number of sulfone groups is 1. The lowest BCUT2D eigenvalue weighted by Gasteiger charge is -2.26. The number of carbonyl (C=O) groups is 2. The lowest BCUT2D eigenvalue weighted by molar-refractivity contribution is -0.120. The van der Waals surface area contributed by atoms with Crippen LogP contribution in [0.15, 0.2) is 18.2 Å². The quantitative estimate of drug-likeness (QED) is 0.824. The Bertz CT molecular complexity index is 744. The van der Waals surface area contributed by atoms with E-state index in [9.17, 15) is 18.0 Å². The Labute approximate surface area is 128 Å². The number of amides is 2. The molecule has 1 atom stereocenters. The van der Waals surface area contributed by atoms with Gasteiger partial charge < -0.3 is 15.0 Å². The van der Waals surface area contributed by atoms with Crippen LogP contribution in [-0.4, -0.2) is 51.4 Å². The molecule has 8 heteroatoms. The zero-order chi connectivity index (χ0) is 15.9. The van der Waals surface area contributed by atoms with Crippen molar-refractivity contribution in [2.45, 2.75) is 12.5 Å². The molecule has 1 saturated heterocycles. The molecule has 0 aliphatic carbocycles. The average molecular weight is 324 g/mol. The molecule has 1 aromatic rings. The molecule has 7 nitrogen and oxygen atoms in total. The molecule has 1 aromatic carbocycles. The summed E-state index contributed by atoms with van der Waals surface area (Å²) in [6.45, 7) is -0.0189. The number of ether oxygens (including phenoxy) is 1. The van der Waals surface area contributed by atoms with Crippen LogP contribution in [0.25, 0.3) is 0 Å². The fourth-order valence-corrected chi connectivity index (χ4v) is 4.26. The molecule has 118 valence electrons. The van der Waals surface area contributed by atoms with Crippen LogP contribution < -0.4 is 15.0 Å². The molecule has 2 amide bonds. The number of fused-ring (bicyclic) bond motifs is 1. The van der Waals surface area contributed by atoms with Crippen molar-refractivity contribution in [1.82, 2.24) is 5.32 Å². The third-order valence-corrected chi connectivity index (χ3v) is 5.64. The Morgan fingerprint density at radius 2 is 2.18 bits per heavy atom. The molecule has 0 radical (unpaired) electrons. The Hall–Kier alpha value is -2.09. The van der Waals surface area contributed by atoms with E-state index in [0.29, 0.717) is 23.4 Å². The molecule has 3 rings (SSSR count). The van der Waals surface area contributed by atoms with Crippen molar-refractivity contribution in [2.75, 3.05) is 30.1 Å². The lowest BCUT2D eigenvalue weighted by Crippen LogP contribution is -2.37. The number of anilines is 1. The maximum atomic E-state index is 12.2. The average Bonchev–Trinajstić information content (AvgIpc) is 2.81. The molecular formula is C14H16N2O5S. The van der Waals surface area contributed by atoms with E-state index in [4.69, 9.17) is 4.74 Å². The molecule has 1 N–H and O–H groups in total. The fraction of sp³-hybridized carbons (Fsp3) is 0.429. The molecule has 0 bridgehead atoms. The first-order valence-corrected chi connectivity index (χ1v) is 8.72. The van der Waals surface area contributed by atoms with E-state index in [1.54, 1.807) is 25.2 Å². The van der Waals surface area contributed by atoms with Crippen LogP contribution in [-0.2, 0) is 14.6 Å². The zero-order valence-electron chi connectivity index (χ0n) is 12.0. The molecule has 0 aromatic heterocycles. The monoisotopic (exact) mass is 324 g/mol. The van der Waals surface area contributed by atoms with Crippen molar-refractivity contribution >= 4 is 27.3 Å². The minimum Gasteiger partial charge on any atom is -0.482 e. The van der Waals surface area contributed by atoms with Crippen molar-refractivity contribution < 1.29 is 22.7 Å². The molecular weight excluding hydrogens is 308 g/mol. The summed E-state index contributed by atoms with van der Waals surface area (Å²) >= 11 is 0.